The number of anilines is 1. The van der Waals surface area contributed by atoms with Crippen molar-refractivity contribution in [2.75, 3.05) is 23.7 Å². The Balaban J connectivity index is 2.05. The van der Waals surface area contributed by atoms with Gasteiger partial charge in [-0.3, -0.25) is 13.9 Å². The first-order valence-electron chi connectivity index (χ1n) is 13.1. The van der Waals surface area contributed by atoms with Crippen LogP contribution < -0.4 is 9.62 Å². The second-order valence-corrected chi connectivity index (χ2v) is 12.4. The number of sulfonamides is 1. The Labute approximate surface area is 247 Å². The summed E-state index contributed by atoms with van der Waals surface area (Å²) in [6, 6.07) is 20.4. The van der Waals surface area contributed by atoms with Crippen molar-refractivity contribution < 1.29 is 18.0 Å². The molecule has 3 aromatic carbocycles. The molecule has 0 aromatic heterocycles. The number of benzene rings is 3. The monoisotopic (exact) mass is 603 g/mol. The van der Waals surface area contributed by atoms with Gasteiger partial charge in [0, 0.05) is 29.6 Å². The SMILES string of the molecule is CCCCNC(=O)[C@@H](Cc1ccccc1)N(Cc1ccc(Cl)cc1)C(=O)CN(c1cccc(Cl)c1C)S(C)(=O)=O. The Morgan fingerprint density at radius 3 is 2.23 bits per heavy atom. The molecule has 0 radical (unpaired) electrons. The smallest absolute Gasteiger partial charge is 0.244 e. The summed E-state index contributed by atoms with van der Waals surface area (Å²) >= 11 is 12.4. The van der Waals surface area contributed by atoms with Crippen LogP contribution in [0.2, 0.25) is 10.0 Å². The van der Waals surface area contributed by atoms with E-state index < -0.39 is 28.5 Å². The van der Waals surface area contributed by atoms with Crippen LogP contribution in [0.25, 0.3) is 0 Å². The first-order valence-corrected chi connectivity index (χ1v) is 15.7. The Morgan fingerprint density at radius 2 is 1.60 bits per heavy atom. The number of rotatable bonds is 13. The molecule has 0 aliphatic heterocycles. The van der Waals surface area contributed by atoms with Gasteiger partial charge >= 0.3 is 0 Å². The molecule has 0 heterocycles. The van der Waals surface area contributed by atoms with Crippen molar-refractivity contribution in [3.8, 4) is 0 Å². The van der Waals surface area contributed by atoms with Crippen molar-refractivity contribution in [1.29, 1.82) is 0 Å². The molecule has 3 rings (SSSR count). The zero-order valence-corrected chi connectivity index (χ0v) is 25.3. The lowest BCUT2D eigenvalue weighted by molar-refractivity contribution is -0.140. The summed E-state index contributed by atoms with van der Waals surface area (Å²) in [5.74, 6) is -0.823. The fourth-order valence-corrected chi connectivity index (χ4v) is 5.50. The van der Waals surface area contributed by atoms with E-state index in [4.69, 9.17) is 23.2 Å². The predicted octanol–water partition coefficient (Wildman–Crippen LogP) is 5.62. The highest BCUT2D eigenvalue weighted by atomic mass is 35.5. The maximum Gasteiger partial charge on any atom is 0.244 e. The summed E-state index contributed by atoms with van der Waals surface area (Å²) in [5.41, 5.74) is 2.46. The molecule has 214 valence electrons. The number of nitrogens with zero attached hydrogens (tertiary/aromatic N) is 2. The number of unbranched alkanes of at least 4 members (excludes halogenated alkanes) is 1. The predicted molar refractivity (Wildman–Crippen MR) is 162 cm³/mol. The molecule has 0 saturated carbocycles. The largest absolute Gasteiger partial charge is 0.354 e. The molecule has 0 unspecified atom stereocenters. The summed E-state index contributed by atoms with van der Waals surface area (Å²) in [4.78, 5) is 29.1. The van der Waals surface area contributed by atoms with Crippen molar-refractivity contribution in [1.82, 2.24) is 10.2 Å². The average Bonchev–Trinajstić information content (AvgIpc) is 2.92. The third kappa shape index (κ3) is 8.71. The Morgan fingerprint density at radius 1 is 0.925 bits per heavy atom. The Kier molecular flexibility index (Phi) is 11.4. The van der Waals surface area contributed by atoms with Crippen LogP contribution in [-0.4, -0.2) is 50.5 Å². The van der Waals surface area contributed by atoms with E-state index in [1.807, 2.05) is 37.3 Å². The molecule has 0 spiro atoms. The maximum absolute atomic E-state index is 14.1. The third-order valence-electron chi connectivity index (χ3n) is 6.55. The minimum atomic E-state index is -3.88. The lowest BCUT2D eigenvalue weighted by atomic mass is 10.0. The standard InChI is InChI=1S/C30H35Cl2N3O4S/c1-4-5-18-33-30(37)28(19-23-10-7-6-8-11-23)34(20-24-14-16-25(31)17-15-24)29(36)21-35(40(3,38)39)27-13-9-12-26(32)22(27)2/h6-17,28H,4-5,18-21H2,1-3H3,(H,33,37)/t28-/m1/s1. The molecule has 3 aromatic rings. The van der Waals surface area contributed by atoms with Crippen LogP contribution >= 0.6 is 23.2 Å². The summed E-state index contributed by atoms with van der Waals surface area (Å²) in [6.45, 7) is 3.79. The summed E-state index contributed by atoms with van der Waals surface area (Å²) in [5, 5.41) is 3.89. The molecule has 1 atom stereocenters. The van der Waals surface area contributed by atoms with Gasteiger partial charge in [-0.1, -0.05) is 85.1 Å². The molecular weight excluding hydrogens is 569 g/mol. The minimum Gasteiger partial charge on any atom is -0.354 e. The van der Waals surface area contributed by atoms with E-state index in [-0.39, 0.29) is 18.9 Å². The van der Waals surface area contributed by atoms with Gasteiger partial charge < -0.3 is 10.2 Å². The number of hydrogen-bond donors (Lipinski definition) is 1. The molecule has 0 saturated heterocycles. The average molecular weight is 605 g/mol. The molecule has 10 heteroatoms. The summed E-state index contributed by atoms with van der Waals surface area (Å²) < 4.78 is 26.9. The topological polar surface area (TPSA) is 86.8 Å². The van der Waals surface area contributed by atoms with Gasteiger partial charge in [-0.15, -0.1) is 0 Å². The molecule has 0 aliphatic rings. The van der Waals surface area contributed by atoms with Crippen LogP contribution in [0.3, 0.4) is 0 Å². The maximum atomic E-state index is 14.1. The van der Waals surface area contributed by atoms with Gasteiger partial charge in [-0.2, -0.15) is 0 Å². The number of carbonyl (C=O) groups is 2. The van der Waals surface area contributed by atoms with Gasteiger partial charge in [0.15, 0.2) is 0 Å². The van der Waals surface area contributed by atoms with Crippen molar-refractivity contribution >= 4 is 50.7 Å². The molecule has 2 amide bonds. The minimum absolute atomic E-state index is 0.0842. The second kappa shape index (κ2) is 14.5. The van der Waals surface area contributed by atoms with Crippen molar-refractivity contribution in [2.45, 2.75) is 45.7 Å². The van der Waals surface area contributed by atoms with E-state index in [0.29, 0.717) is 27.8 Å². The highest BCUT2D eigenvalue weighted by Crippen LogP contribution is 2.28. The van der Waals surface area contributed by atoms with Crippen LogP contribution in [0, 0.1) is 6.92 Å². The van der Waals surface area contributed by atoms with Gasteiger partial charge in [0.05, 0.1) is 11.9 Å². The fourth-order valence-electron chi connectivity index (χ4n) is 4.31. The first-order chi connectivity index (χ1) is 19.0. The van der Waals surface area contributed by atoms with Gasteiger partial charge in [0.25, 0.3) is 0 Å². The van der Waals surface area contributed by atoms with Crippen LogP contribution in [-0.2, 0) is 32.6 Å². The molecule has 0 fully saturated rings. The molecular formula is C30H35Cl2N3O4S. The van der Waals surface area contributed by atoms with Gasteiger partial charge in [0.2, 0.25) is 21.8 Å². The van der Waals surface area contributed by atoms with Gasteiger partial charge in [0.1, 0.15) is 12.6 Å². The van der Waals surface area contributed by atoms with Crippen LogP contribution in [0.5, 0.6) is 0 Å². The summed E-state index contributed by atoms with van der Waals surface area (Å²) in [6.07, 6.45) is 3.00. The van der Waals surface area contributed by atoms with Gasteiger partial charge in [-0.25, -0.2) is 8.42 Å². The third-order valence-corrected chi connectivity index (χ3v) is 8.34. The van der Waals surface area contributed by atoms with E-state index in [0.717, 1.165) is 34.5 Å². The molecule has 0 bridgehead atoms. The number of amides is 2. The van der Waals surface area contributed by atoms with E-state index in [1.54, 1.807) is 49.4 Å². The second-order valence-electron chi connectivity index (χ2n) is 9.65. The molecule has 1 N–H and O–H groups in total. The fraction of sp³-hybridized carbons (Fsp3) is 0.333. The molecule has 0 aliphatic carbocycles. The highest BCUT2D eigenvalue weighted by molar-refractivity contribution is 7.92. The van der Waals surface area contributed by atoms with Crippen LogP contribution in [0.15, 0.2) is 72.8 Å². The lowest BCUT2D eigenvalue weighted by Gasteiger charge is -2.34. The van der Waals surface area contributed by atoms with E-state index in [1.165, 1.54) is 4.90 Å². The van der Waals surface area contributed by atoms with Gasteiger partial charge in [-0.05, 0) is 54.3 Å². The van der Waals surface area contributed by atoms with Crippen molar-refractivity contribution in [3.05, 3.63) is 99.5 Å². The van der Waals surface area contributed by atoms with Crippen LogP contribution in [0.4, 0.5) is 5.69 Å². The van der Waals surface area contributed by atoms with E-state index in [2.05, 4.69) is 5.32 Å². The first kappa shape index (κ1) is 31.5. The van der Waals surface area contributed by atoms with Crippen molar-refractivity contribution in [3.63, 3.8) is 0 Å². The molecule has 7 nitrogen and oxygen atoms in total. The van der Waals surface area contributed by atoms with Crippen molar-refractivity contribution in [2.24, 2.45) is 0 Å². The Bertz CT molecular complexity index is 1400. The lowest BCUT2D eigenvalue weighted by Crippen LogP contribution is -2.53. The number of nitrogens with one attached hydrogen (secondary N) is 1. The quantitative estimate of drug-likeness (QED) is 0.257. The zero-order valence-electron chi connectivity index (χ0n) is 22.9. The normalized spacial score (nSPS) is 12.0. The summed E-state index contributed by atoms with van der Waals surface area (Å²) in [7, 11) is -3.88. The molecule has 40 heavy (non-hydrogen) atoms. The number of halogens is 2. The van der Waals surface area contributed by atoms with E-state index in [9.17, 15) is 18.0 Å². The van der Waals surface area contributed by atoms with E-state index >= 15 is 0 Å². The number of hydrogen-bond acceptors (Lipinski definition) is 4. The number of carbonyl (C=O) groups excluding carboxylic acids is 2. The Hall–Kier alpha value is -3.07. The highest BCUT2D eigenvalue weighted by Gasteiger charge is 2.33. The van der Waals surface area contributed by atoms with Crippen LogP contribution in [0.1, 0.15) is 36.5 Å². The zero-order chi connectivity index (χ0) is 29.3.